The zero-order valence-electron chi connectivity index (χ0n) is 13.1. The maximum atomic E-state index is 12.6. The highest BCUT2D eigenvalue weighted by Gasteiger charge is 2.22. The number of aryl methyl sites for hydroxylation is 2. The van der Waals surface area contributed by atoms with Crippen molar-refractivity contribution in [1.82, 2.24) is 14.5 Å². The molecule has 6 heteroatoms. The fourth-order valence-electron chi connectivity index (χ4n) is 2.39. The van der Waals surface area contributed by atoms with Crippen LogP contribution in [0.15, 0.2) is 23.1 Å². The second-order valence-electron chi connectivity index (χ2n) is 5.66. The van der Waals surface area contributed by atoms with Crippen molar-refractivity contribution in [3.8, 4) is 0 Å². The molecule has 1 aromatic rings. The predicted molar refractivity (Wildman–Crippen MR) is 85.0 cm³/mol. The van der Waals surface area contributed by atoms with Gasteiger partial charge < -0.3 is 5.32 Å². The van der Waals surface area contributed by atoms with E-state index >= 15 is 0 Å². The first-order valence-electron chi connectivity index (χ1n) is 7.38. The first-order valence-corrected chi connectivity index (χ1v) is 8.82. The topological polar surface area (TPSA) is 52.7 Å². The average molecular weight is 311 g/mol. The molecule has 1 N–H and O–H groups in total. The number of piperazine rings is 1. The number of sulfonamides is 1. The largest absolute Gasteiger partial charge is 0.314 e. The van der Waals surface area contributed by atoms with Crippen molar-refractivity contribution >= 4 is 10.0 Å². The molecule has 0 aromatic heterocycles. The number of nitrogens with zero attached hydrogens (tertiary/aromatic N) is 2. The molecule has 0 amide bonds. The maximum absolute atomic E-state index is 12.6. The van der Waals surface area contributed by atoms with Crippen LogP contribution in [0.3, 0.4) is 0 Å². The molecular weight excluding hydrogens is 286 g/mol. The smallest absolute Gasteiger partial charge is 0.242 e. The highest BCUT2D eigenvalue weighted by molar-refractivity contribution is 7.89. The van der Waals surface area contributed by atoms with E-state index in [1.807, 2.05) is 19.9 Å². The molecule has 0 saturated carbocycles. The van der Waals surface area contributed by atoms with E-state index in [1.54, 1.807) is 19.2 Å². The quantitative estimate of drug-likeness (QED) is 0.875. The molecule has 118 valence electrons. The van der Waals surface area contributed by atoms with Gasteiger partial charge in [0.05, 0.1) is 4.90 Å². The van der Waals surface area contributed by atoms with E-state index in [9.17, 15) is 8.42 Å². The summed E-state index contributed by atoms with van der Waals surface area (Å²) < 4.78 is 26.6. The van der Waals surface area contributed by atoms with Crippen molar-refractivity contribution in [2.24, 2.45) is 0 Å². The van der Waals surface area contributed by atoms with Gasteiger partial charge in [0.15, 0.2) is 0 Å². The molecule has 0 radical (unpaired) electrons. The summed E-state index contributed by atoms with van der Waals surface area (Å²) in [7, 11) is -1.73. The summed E-state index contributed by atoms with van der Waals surface area (Å²) in [6, 6.07) is 5.32. The van der Waals surface area contributed by atoms with Gasteiger partial charge in [-0.25, -0.2) is 8.42 Å². The van der Waals surface area contributed by atoms with Crippen molar-refractivity contribution in [3.63, 3.8) is 0 Å². The highest BCUT2D eigenvalue weighted by Crippen LogP contribution is 2.18. The van der Waals surface area contributed by atoms with Gasteiger partial charge in [-0.1, -0.05) is 6.07 Å². The van der Waals surface area contributed by atoms with Gasteiger partial charge in [-0.2, -0.15) is 4.31 Å². The Morgan fingerprint density at radius 3 is 2.48 bits per heavy atom. The molecule has 2 rings (SSSR count). The SMILES string of the molecule is Cc1ccc(S(=O)(=O)N(C)CCN2CCNCC2)cc1C. The van der Waals surface area contributed by atoms with Crippen LogP contribution in [-0.4, -0.2) is 63.9 Å². The lowest BCUT2D eigenvalue weighted by Crippen LogP contribution is -2.46. The Morgan fingerprint density at radius 1 is 1.19 bits per heavy atom. The molecule has 0 atom stereocenters. The summed E-state index contributed by atoms with van der Waals surface area (Å²) in [5, 5.41) is 3.30. The van der Waals surface area contributed by atoms with E-state index in [0.717, 1.165) is 43.9 Å². The summed E-state index contributed by atoms with van der Waals surface area (Å²) in [5.74, 6) is 0. The van der Waals surface area contributed by atoms with Crippen molar-refractivity contribution in [2.75, 3.05) is 46.3 Å². The van der Waals surface area contributed by atoms with Crippen LogP contribution in [-0.2, 0) is 10.0 Å². The van der Waals surface area contributed by atoms with Crippen LogP contribution >= 0.6 is 0 Å². The van der Waals surface area contributed by atoms with Crippen LogP contribution in [0.4, 0.5) is 0 Å². The van der Waals surface area contributed by atoms with Gasteiger partial charge in [-0.15, -0.1) is 0 Å². The molecule has 1 saturated heterocycles. The molecule has 0 unspecified atom stereocenters. The third-order valence-electron chi connectivity index (χ3n) is 4.13. The normalized spacial score (nSPS) is 17.3. The van der Waals surface area contributed by atoms with E-state index in [2.05, 4.69) is 10.2 Å². The van der Waals surface area contributed by atoms with Crippen LogP contribution in [0, 0.1) is 13.8 Å². The van der Waals surface area contributed by atoms with E-state index in [1.165, 1.54) is 4.31 Å². The van der Waals surface area contributed by atoms with Crippen molar-refractivity contribution in [2.45, 2.75) is 18.7 Å². The number of benzene rings is 1. The van der Waals surface area contributed by atoms with Crippen LogP contribution in [0.25, 0.3) is 0 Å². The summed E-state index contributed by atoms with van der Waals surface area (Å²) >= 11 is 0. The molecule has 5 nitrogen and oxygen atoms in total. The lowest BCUT2D eigenvalue weighted by molar-refractivity contribution is 0.229. The molecule has 0 aliphatic carbocycles. The number of hydrogen-bond donors (Lipinski definition) is 1. The Balaban J connectivity index is 2.02. The molecule has 21 heavy (non-hydrogen) atoms. The number of likely N-dealkylation sites (N-methyl/N-ethyl adjacent to an activating group) is 1. The Morgan fingerprint density at radius 2 is 1.86 bits per heavy atom. The summed E-state index contributed by atoms with van der Waals surface area (Å²) in [6.45, 7) is 9.16. The van der Waals surface area contributed by atoms with Gasteiger partial charge in [0.1, 0.15) is 0 Å². The minimum absolute atomic E-state index is 0.383. The zero-order valence-corrected chi connectivity index (χ0v) is 13.9. The van der Waals surface area contributed by atoms with Gasteiger partial charge in [0, 0.05) is 46.3 Å². The van der Waals surface area contributed by atoms with Crippen LogP contribution in [0.2, 0.25) is 0 Å². The second-order valence-corrected chi connectivity index (χ2v) is 7.71. The standard InChI is InChI=1S/C15H25N3O2S/c1-13-4-5-15(12-14(13)2)21(19,20)17(3)10-11-18-8-6-16-7-9-18/h4-5,12,16H,6-11H2,1-3H3. The van der Waals surface area contributed by atoms with Gasteiger partial charge in [0.25, 0.3) is 0 Å². The summed E-state index contributed by atoms with van der Waals surface area (Å²) in [5.41, 5.74) is 2.11. The summed E-state index contributed by atoms with van der Waals surface area (Å²) in [6.07, 6.45) is 0. The Hall–Kier alpha value is -0.950. The fraction of sp³-hybridized carbons (Fsp3) is 0.600. The van der Waals surface area contributed by atoms with Gasteiger partial charge in [0.2, 0.25) is 10.0 Å². The first-order chi connectivity index (χ1) is 9.91. The van der Waals surface area contributed by atoms with Crippen molar-refractivity contribution < 1.29 is 8.42 Å². The minimum Gasteiger partial charge on any atom is -0.314 e. The van der Waals surface area contributed by atoms with E-state index in [4.69, 9.17) is 0 Å². The van der Waals surface area contributed by atoms with Gasteiger partial charge in [-0.05, 0) is 37.1 Å². The molecule has 1 aliphatic heterocycles. The minimum atomic E-state index is -3.39. The molecule has 1 heterocycles. The molecule has 1 fully saturated rings. The summed E-state index contributed by atoms with van der Waals surface area (Å²) in [4.78, 5) is 2.68. The first kappa shape index (κ1) is 16.4. The van der Waals surface area contributed by atoms with Crippen molar-refractivity contribution in [1.29, 1.82) is 0 Å². The molecular formula is C15H25N3O2S. The lowest BCUT2D eigenvalue weighted by Gasteiger charge is -2.28. The Kier molecular flexibility index (Phi) is 5.37. The monoisotopic (exact) mass is 311 g/mol. The predicted octanol–water partition coefficient (Wildman–Crippen LogP) is 0.829. The fourth-order valence-corrected chi connectivity index (χ4v) is 3.64. The van der Waals surface area contributed by atoms with E-state index in [0.29, 0.717) is 11.4 Å². The van der Waals surface area contributed by atoms with E-state index in [-0.39, 0.29) is 0 Å². The van der Waals surface area contributed by atoms with Crippen LogP contribution in [0.5, 0.6) is 0 Å². The van der Waals surface area contributed by atoms with Crippen LogP contribution in [0.1, 0.15) is 11.1 Å². The molecule has 1 aliphatic rings. The average Bonchev–Trinajstić information content (AvgIpc) is 2.48. The maximum Gasteiger partial charge on any atom is 0.242 e. The number of rotatable bonds is 5. The third-order valence-corrected chi connectivity index (χ3v) is 5.98. The third kappa shape index (κ3) is 4.03. The van der Waals surface area contributed by atoms with Gasteiger partial charge in [-0.3, -0.25) is 4.90 Å². The molecule has 0 spiro atoms. The number of nitrogens with one attached hydrogen (secondary N) is 1. The second kappa shape index (κ2) is 6.87. The van der Waals surface area contributed by atoms with E-state index < -0.39 is 10.0 Å². The Bertz CT molecular complexity index is 581. The highest BCUT2D eigenvalue weighted by atomic mass is 32.2. The zero-order chi connectivity index (χ0) is 15.5. The Labute approximate surface area is 128 Å². The molecule has 0 bridgehead atoms. The van der Waals surface area contributed by atoms with Gasteiger partial charge >= 0.3 is 0 Å². The number of hydrogen-bond acceptors (Lipinski definition) is 4. The van der Waals surface area contributed by atoms with Crippen molar-refractivity contribution in [3.05, 3.63) is 29.3 Å². The van der Waals surface area contributed by atoms with Crippen LogP contribution < -0.4 is 5.32 Å². The molecule has 1 aromatic carbocycles. The lowest BCUT2D eigenvalue weighted by atomic mass is 10.1.